The highest BCUT2D eigenvalue weighted by atomic mass is 19.3. The normalized spacial score (nSPS) is 12.9. The number of aryl methyl sites for hydroxylation is 1. The molecule has 3 heterocycles. The van der Waals surface area contributed by atoms with Crippen LogP contribution in [0.5, 0.6) is 0 Å². The minimum Gasteiger partial charge on any atom is -0.310 e. The van der Waals surface area contributed by atoms with E-state index in [9.17, 15) is 8.78 Å². The van der Waals surface area contributed by atoms with Crippen LogP contribution in [0, 0.1) is 6.92 Å². The molecule has 6 heteroatoms. The molecule has 3 rings (SSSR count). The molecule has 4 nitrogen and oxygen atoms in total. The summed E-state index contributed by atoms with van der Waals surface area (Å²) in [5.74, 6) is 0. The molecule has 0 fully saturated rings. The summed E-state index contributed by atoms with van der Waals surface area (Å²) < 4.78 is 27.1. The molecular weight excluding hydrogens is 310 g/mol. The fraction of sp³-hybridized carbons (Fsp3) is 0.333. The van der Waals surface area contributed by atoms with Gasteiger partial charge in [-0.1, -0.05) is 12.1 Å². The molecule has 0 aliphatic carbocycles. The summed E-state index contributed by atoms with van der Waals surface area (Å²) in [6, 6.07) is 9.15. The predicted molar refractivity (Wildman–Crippen MR) is 89.2 cm³/mol. The first kappa shape index (κ1) is 16.5. The van der Waals surface area contributed by atoms with E-state index in [-0.39, 0.29) is 11.7 Å². The van der Waals surface area contributed by atoms with Crippen LogP contribution in [0.2, 0.25) is 0 Å². The third kappa shape index (κ3) is 3.59. The number of aromatic nitrogens is 3. The number of fused-ring (bicyclic) bond motifs is 1. The van der Waals surface area contributed by atoms with E-state index < -0.39 is 6.43 Å². The number of rotatable bonds is 6. The molecular formula is C18H20F2N4. The lowest BCUT2D eigenvalue weighted by molar-refractivity contribution is 0.146. The van der Waals surface area contributed by atoms with Gasteiger partial charge >= 0.3 is 0 Å². The molecule has 1 atom stereocenters. The van der Waals surface area contributed by atoms with Gasteiger partial charge in [0.2, 0.25) is 0 Å². The van der Waals surface area contributed by atoms with Crippen LogP contribution in [-0.4, -0.2) is 20.9 Å². The first-order chi connectivity index (χ1) is 11.5. The lowest BCUT2D eigenvalue weighted by Gasteiger charge is -2.13. The Morgan fingerprint density at radius 2 is 2.04 bits per heavy atom. The Morgan fingerprint density at radius 1 is 1.21 bits per heavy atom. The van der Waals surface area contributed by atoms with E-state index in [0.717, 1.165) is 35.6 Å². The van der Waals surface area contributed by atoms with Crippen LogP contribution in [-0.2, 0) is 6.42 Å². The van der Waals surface area contributed by atoms with Crippen LogP contribution in [0.3, 0.4) is 0 Å². The van der Waals surface area contributed by atoms with Crippen LogP contribution in [0.15, 0.2) is 42.7 Å². The number of nitrogens with one attached hydrogen (secondary N) is 1. The second-order valence-corrected chi connectivity index (χ2v) is 5.87. The predicted octanol–water partition coefficient (Wildman–Crippen LogP) is 3.87. The van der Waals surface area contributed by atoms with Crippen molar-refractivity contribution in [1.29, 1.82) is 0 Å². The molecule has 1 unspecified atom stereocenters. The van der Waals surface area contributed by atoms with Crippen LogP contribution in [0.4, 0.5) is 8.78 Å². The van der Waals surface area contributed by atoms with Gasteiger partial charge in [-0.25, -0.2) is 13.8 Å². The second kappa shape index (κ2) is 7.05. The SMILES string of the molecule is Cc1cccc2nc(CCNC(C)c3ccc(C(F)F)nc3)cn12. The first-order valence-electron chi connectivity index (χ1n) is 7.95. The van der Waals surface area contributed by atoms with Crippen molar-refractivity contribution < 1.29 is 8.78 Å². The van der Waals surface area contributed by atoms with Crippen molar-refractivity contribution >= 4 is 5.65 Å². The van der Waals surface area contributed by atoms with E-state index in [1.807, 2.05) is 19.1 Å². The van der Waals surface area contributed by atoms with Crippen molar-refractivity contribution in [2.24, 2.45) is 0 Å². The molecule has 0 amide bonds. The quantitative estimate of drug-likeness (QED) is 0.746. The minimum atomic E-state index is -2.53. The summed E-state index contributed by atoms with van der Waals surface area (Å²) in [5, 5.41) is 3.38. The molecule has 126 valence electrons. The smallest absolute Gasteiger partial charge is 0.280 e. The number of halogens is 2. The average molecular weight is 330 g/mol. The molecule has 0 saturated carbocycles. The van der Waals surface area contributed by atoms with Crippen LogP contribution in [0.25, 0.3) is 5.65 Å². The Kier molecular flexibility index (Phi) is 4.85. The lowest BCUT2D eigenvalue weighted by Crippen LogP contribution is -2.21. The van der Waals surface area contributed by atoms with Crippen molar-refractivity contribution in [3.63, 3.8) is 0 Å². The van der Waals surface area contributed by atoms with E-state index in [2.05, 4.69) is 38.9 Å². The minimum absolute atomic E-state index is 0.0444. The van der Waals surface area contributed by atoms with Gasteiger partial charge in [0.25, 0.3) is 6.43 Å². The van der Waals surface area contributed by atoms with Gasteiger partial charge in [-0.15, -0.1) is 0 Å². The Bertz CT molecular complexity index is 812. The monoisotopic (exact) mass is 330 g/mol. The maximum absolute atomic E-state index is 12.5. The molecule has 3 aromatic rings. The van der Waals surface area contributed by atoms with Crippen LogP contribution in [0.1, 0.15) is 42.0 Å². The Hall–Kier alpha value is -2.34. The molecule has 1 N–H and O–H groups in total. The lowest BCUT2D eigenvalue weighted by atomic mass is 10.1. The van der Waals surface area contributed by atoms with Gasteiger partial charge in [0.05, 0.1) is 5.69 Å². The van der Waals surface area contributed by atoms with Gasteiger partial charge in [0.1, 0.15) is 11.3 Å². The summed E-state index contributed by atoms with van der Waals surface area (Å²) in [6.07, 6.45) is 1.83. The number of pyridine rings is 2. The fourth-order valence-electron chi connectivity index (χ4n) is 2.66. The topological polar surface area (TPSA) is 42.2 Å². The van der Waals surface area contributed by atoms with E-state index in [4.69, 9.17) is 0 Å². The molecule has 3 aromatic heterocycles. The highest BCUT2D eigenvalue weighted by molar-refractivity contribution is 5.41. The zero-order valence-electron chi connectivity index (χ0n) is 13.7. The molecule has 0 saturated heterocycles. The van der Waals surface area contributed by atoms with E-state index >= 15 is 0 Å². The molecule has 24 heavy (non-hydrogen) atoms. The van der Waals surface area contributed by atoms with Crippen molar-refractivity contribution in [3.05, 3.63) is 65.4 Å². The van der Waals surface area contributed by atoms with E-state index in [1.165, 1.54) is 12.3 Å². The average Bonchev–Trinajstić information content (AvgIpc) is 2.99. The summed E-state index contributed by atoms with van der Waals surface area (Å²) in [4.78, 5) is 8.40. The summed E-state index contributed by atoms with van der Waals surface area (Å²) in [5.41, 5.74) is 3.83. The van der Waals surface area contributed by atoms with Gasteiger partial charge in [-0.05, 0) is 37.6 Å². The highest BCUT2D eigenvalue weighted by Crippen LogP contribution is 2.18. The van der Waals surface area contributed by atoms with Crippen LogP contribution < -0.4 is 5.32 Å². The Balaban J connectivity index is 1.57. The second-order valence-electron chi connectivity index (χ2n) is 5.87. The molecule has 0 aromatic carbocycles. The molecule has 0 bridgehead atoms. The van der Waals surface area contributed by atoms with Gasteiger partial charge in [-0.3, -0.25) is 4.98 Å². The number of imidazole rings is 1. The third-order valence-electron chi connectivity index (χ3n) is 4.11. The summed E-state index contributed by atoms with van der Waals surface area (Å²) >= 11 is 0. The maximum atomic E-state index is 12.5. The Morgan fingerprint density at radius 3 is 2.71 bits per heavy atom. The van der Waals surface area contributed by atoms with Crippen molar-refractivity contribution in [2.75, 3.05) is 6.54 Å². The van der Waals surface area contributed by atoms with Gasteiger partial charge < -0.3 is 9.72 Å². The number of nitrogens with zero attached hydrogens (tertiary/aromatic N) is 3. The summed E-state index contributed by atoms with van der Waals surface area (Å²) in [7, 11) is 0. The number of hydrogen-bond donors (Lipinski definition) is 1. The van der Waals surface area contributed by atoms with Gasteiger partial charge in [0, 0.05) is 37.1 Å². The zero-order chi connectivity index (χ0) is 17.1. The van der Waals surface area contributed by atoms with E-state index in [0.29, 0.717) is 0 Å². The zero-order valence-corrected chi connectivity index (χ0v) is 13.7. The van der Waals surface area contributed by atoms with Crippen molar-refractivity contribution in [1.82, 2.24) is 19.7 Å². The Labute approximate surface area is 139 Å². The molecule has 0 aliphatic rings. The largest absolute Gasteiger partial charge is 0.310 e. The number of hydrogen-bond acceptors (Lipinski definition) is 3. The molecule has 0 aliphatic heterocycles. The van der Waals surface area contributed by atoms with Crippen LogP contribution >= 0.6 is 0 Å². The standard InChI is InChI=1S/C18H20F2N4/c1-12-4-3-5-17-23-15(11-24(12)17)8-9-21-13(2)14-6-7-16(18(19)20)22-10-14/h3-7,10-11,13,18,21H,8-9H2,1-2H3. The molecule has 0 radical (unpaired) electrons. The van der Waals surface area contributed by atoms with Crippen molar-refractivity contribution in [3.8, 4) is 0 Å². The first-order valence-corrected chi connectivity index (χ1v) is 7.95. The highest BCUT2D eigenvalue weighted by Gasteiger charge is 2.11. The van der Waals surface area contributed by atoms with E-state index in [1.54, 1.807) is 6.07 Å². The van der Waals surface area contributed by atoms with Gasteiger partial charge in [-0.2, -0.15) is 0 Å². The fourth-order valence-corrected chi connectivity index (χ4v) is 2.66. The number of alkyl halides is 2. The summed E-state index contributed by atoms with van der Waals surface area (Å²) in [6.45, 7) is 4.79. The third-order valence-corrected chi connectivity index (χ3v) is 4.11. The maximum Gasteiger partial charge on any atom is 0.280 e. The molecule has 0 spiro atoms. The van der Waals surface area contributed by atoms with Crippen molar-refractivity contribution in [2.45, 2.75) is 32.7 Å². The van der Waals surface area contributed by atoms with Gasteiger partial charge in [0.15, 0.2) is 0 Å².